The molecule has 0 aliphatic heterocycles. The maximum atomic E-state index is 13.1. The van der Waals surface area contributed by atoms with Gasteiger partial charge in [0.15, 0.2) is 10.2 Å². The maximum absolute atomic E-state index is 13.1. The molecule has 2 saturated carbocycles. The second kappa shape index (κ2) is 28.3. The number of nitrogens with one attached hydrogen (secondary N) is 10. The van der Waals surface area contributed by atoms with E-state index in [1.54, 1.807) is 75.6 Å². The van der Waals surface area contributed by atoms with Gasteiger partial charge >= 0.3 is 17.1 Å². The molecule has 4 amide bonds. The number of H-pyrrole nitrogens is 2. The molecular weight excluding hydrogens is 1040 g/mol. The van der Waals surface area contributed by atoms with Gasteiger partial charge in [0.1, 0.15) is 12.1 Å². The number of anilines is 2. The van der Waals surface area contributed by atoms with Gasteiger partial charge in [-0.25, -0.2) is 0 Å². The molecule has 4 aromatic carbocycles. The van der Waals surface area contributed by atoms with Gasteiger partial charge in [0, 0.05) is 109 Å². The number of carbonyl (C=O) groups excluding carboxylic acids is 4. The number of nitrogens with zero attached hydrogens (tertiary/aromatic N) is 2. The number of amides is 4. The first-order chi connectivity index (χ1) is 35.8. The second-order valence-electron chi connectivity index (χ2n) is 16.5. The molecular formula is C52H50FeN12O8S2+2. The molecule has 20 nitrogen and oxygen atoms in total. The number of aromatic amines is 2. The van der Waals surface area contributed by atoms with E-state index in [1.165, 1.54) is 24.3 Å². The Bertz CT molecular complexity index is 2740. The molecule has 10 N–H and O–H groups in total. The predicted molar refractivity (Wildman–Crippen MR) is 289 cm³/mol. The largest absolute Gasteiger partial charge is 2.00 e. The van der Waals surface area contributed by atoms with E-state index in [1.807, 2.05) is 60.9 Å². The third kappa shape index (κ3) is 16.8. The molecule has 6 aromatic rings. The number of para-hydroxylation sites is 2. The predicted octanol–water partition coefficient (Wildman–Crippen LogP) is 5.22. The first kappa shape index (κ1) is 56.8. The molecule has 0 spiro atoms. The van der Waals surface area contributed by atoms with Crippen LogP contribution in [0.4, 0.5) is 22.7 Å². The maximum Gasteiger partial charge on any atom is 2.00 e. The fraction of sp³-hybridized carbons (Fsp3) is 0.154. The van der Waals surface area contributed by atoms with Gasteiger partial charge in [-0.05, 0) is 123 Å². The molecule has 0 unspecified atom stereocenters. The van der Waals surface area contributed by atoms with Crippen LogP contribution in [-0.4, -0.2) is 91.9 Å². The van der Waals surface area contributed by atoms with Gasteiger partial charge in [-0.2, -0.15) is 0 Å². The van der Waals surface area contributed by atoms with Crippen LogP contribution >= 0.6 is 24.4 Å². The van der Waals surface area contributed by atoms with Gasteiger partial charge in [0.05, 0.1) is 21.7 Å². The third-order valence-electron chi connectivity index (χ3n) is 11.4. The van der Waals surface area contributed by atoms with Crippen LogP contribution in [0.1, 0.15) is 11.1 Å². The summed E-state index contributed by atoms with van der Waals surface area (Å²) in [4.78, 5) is 78.5. The molecule has 0 bridgehead atoms. The fourth-order valence-electron chi connectivity index (χ4n) is 7.65. The summed E-state index contributed by atoms with van der Waals surface area (Å²) in [5.74, 6) is -0.308. The zero-order valence-corrected chi connectivity index (χ0v) is 42.5. The van der Waals surface area contributed by atoms with Gasteiger partial charge in [-0.1, -0.05) is 36.4 Å². The minimum Gasteiger partial charge on any atom is -0.361 e. The number of fused-ring (bicyclic) bond motifs is 2. The SMILES string of the molecule is O=C(N[C@@H](Cc1c[nH]c2ccccc12)C(=O)NCCNC(=S)Nc1ccc([N+](=O)[O-])cc1)[C]1[CH][CH][CH][CH]1.O=C(N[C@@H](Cc1c[nH]c2ccccc12)C(=O)NCCNC(=S)Nc1ccc([N+](=O)[O-])cc1)[C]1[CH][CH][CH][CH]1.[Fe+2]. The number of non-ortho nitro benzene ring substituents is 2. The molecule has 2 aromatic heterocycles. The monoisotopic (exact) mass is 1090 g/mol. The summed E-state index contributed by atoms with van der Waals surface area (Å²) < 4.78 is 0. The molecule has 23 heteroatoms. The number of nitro benzene ring substituents is 2. The molecule has 75 heavy (non-hydrogen) atoms. The zero-order chi connectivity index (χ0) is 52.4. The van der Waals surface area contributed by atoms with Gasteiger partial charge < -0.3 is 52.5 Å². The van der Waals surface area contributed by atoms with E-state index in [0.717, 1.165) is 32.9 Å². The Balaban J connectivity index is 0.000000241. The number of nitro groups is 2. The smallest absolute Gasteiger partial charge is 0.361 e. The molecule has 2 aliphatic carbocycles. The van der Waals surface area contributed by atoms with Crippen LogP contribution in [0, 0.1) is 83.4 Å². The minimum atomic E-state index is -0.785. The molecule has 384 valence electrons. The van der Waals surface area contributed by atoms with Crippen LogP contribution in [0.2, 0.25) is 0 Å². The fourth-order valence-corrected chi connectivity index (χ4v) is 8.09. The van der Waals surface area contributed by atoms with E-state index in [-0.39, 0.29) is 65.2 Å². The van der Waals surface area contributed by atoms with Crippen molar-refractivity contribution < 1.29 is 46.1 Å². The van der Waals surface area contributed by atoms with Crippen molar-refractivity contribution in [2.45, 2.75) is 24.9 Å². The Hall–Kier alpha value is -7.46. The third-order valence-corrected chi connectivity index (χ3v) is 11.9. The van der Waals surface area contributed by atoms with Crippen molar-refractivity contribution >= 4 is 103 Å². The van der Waals surface area contributed by atoms with Crippen molar-refractivity contribution in [2.24, 2.45) is 0 Å². The van der Waals surface area contributed by atoms with E-state index in [0.29, 0.717) is 59.4 Å². The summed E-state index contributed by atoms with van der Waals surface area (Å²) in [6.07, 6.45) is 18.2. The van der Waals surface area contributed by atoms with Gasteiger partial charge in [-0.3, -0.25) is 39.4 Å². The van der Waals surface area contributed by atoms with Crippen molar-refractivity contribution in [2.75, 3.05) is 36.8 Å². The summed E-state index contributed by atoms with van der Waals surface area (Å²) in [6.45, 7) is 1.19. The van der Waals surface area contributed by atoms with E-state index >= 15 is 0 Å². The Morgan fingerprint density at radius 3 is 1.21 bits per heavy atom. The normalized spacial score (nSPS) is 14.0. The van der Waals surface area contributed by atoms with E-state index in [2.05, 4.69) is 52.5 Å². The van der Waals surface area contributed by atoms with Crippen molar-refractivity contribution in [3.8, 4) is 0 Å². The van der Waals surface area contributed by atoms with Gasteiger partial charge in [0.2, 0.25) is 23.6 Å². The van der Waals surface area contributed by atoms with E-state index < -0.39 is 21.9 Å². The summed E-state index contributed by atoms with van der Waals surface area (Å²) in [7, 11) is 0. The summed E-state index contributed by atoms with van der Waals surface area (Å²) in [5.41, 5.74) is 4.92. The van der Waals surface area contributed by atoms with Crippen LogP contribution in [0.25, 0.3) is 21.8 Å². The first-order valence-electron chi connectivity index (χ1n) is 23.1. The topological polar surface area (TPSA) is 282 Å². The summed E-state index contributed by atoms with van der Waals surface area (Å²) in [5, 5.41) is 47.3. The van der Waals surface area contributed by atoms with Crippen molar-refractivity contribution in [1.29, 1.82) is 0 Å². The Labute approximate surface area is 454 Å². The van der Waals surface area contributed by atoms with E-state index in [9.17, 15) is 39.4 Å². The number of benzene rings is 4. The van der Waals surface area contributed by atoms with Crippen LogP contribution in [0.5, 0.6) is 0 Å². The molecule has 2 atom stereocenters. The minimum absolute atomic E-state index is 0. The number of hydrogen-bond donors (Lipinski definition) is 10. The Morgan fingerprint density at radius 1 is 0.507 bits per heavy atom. The average molecular weight is 1090 g/mol. The number of thiocarbonyl (C=S) groups is 2. The zero-order valence-electron chi connectivity index (χ0n) is 39.7. The number of aromatic nitrogens is 2. The van der Waals surface area contributed by atoms with Crippen molar-refractivity contribution in [3.05, 3.63) is 204 Å². The van der Waals surface area contributed by atoms with E-state index in [4.69, 9.17) is 24.4 Å². The number of rotatable bonds is 20. The van der Waals surface area contributed by atoms with Crippen LogP contribution < -0.4 is 42.5 Å². The molecule has 2 fully saturated rings. The van der Waals surface area contributed by atoms with Crippen molar-refractivity contribution in [3.63, 3.8) is 0 Å². The first-order valence-corrected chi connectivity index (χ1v) is 23.9. The Kier molecular flexibility index (Phi) is 21.4. The Morgan fingerprint density at radius 2 is 0.853 bits per heavy atom. The standard InChI is InChI=1S/2C26H25N6O4S.Fe/c2*33-24(17-5-1-2-6-17)31-23(15-18-16-29-22-8-4-3-7-21(18)22)25(34)27-13-14-28-26(37)30-19-9-11-20(12-10-19)32(35)36;/h2*1-12,16,23,29H,13-15H2,(H,27,34)(H,31,33)(H2,28,30,37);/q;;+2/t2*23-;/m00./s1. The van der Waals surface area contributed by atoms with Crippen LogP contribution in [0.3, 0.4) is 0 Å². The van der Waals surface area contributed by atoms with Crippen LogP contribution in [0.15, 0.2) is 109 Å². The summed E-state index contributed by atoms with van der Waals surface area (Å²) in [6, 6.07) is 25.7. The van der Waals surface area contributed by atoms with Crippen molar-refractivity contribution in [1.82, 2.24) is 41.9 Å². The molecule has 2 aliphatic rings. The number of hydrogen-bond acceptors (Lipinski definition) is 10. The average Bonchev–Trinajstić information content (AvgIpc) is 4.26. The quantitative estimate of drug-likeness (QED) is 0.0154. The molecule has 2 heterocycles. The van der Waals surface area contributed by atoms with Crippen LogP contribution in [-0.2, 0) is 49.1 Å². The van der Waals surface area contributed by atoms with Gasteiger partial charge in [0.25, 0.3) is 11.4 Å². The molecule has 10 radical (unpaired) electrons. The second-order valence-corrected chi connectivity index (χ2v) is 17.3. The molecule has 0 saturated heterocycles. The van der Waals surface area contributed by atoms with Gasteiger partial charge in [-0.15, -0.1) is 0 Å². The summed E-state index contributed by atoms with van der Waals surface area (Å²) >= 11 is 10.5. The molecule has 8 rings (SSSR count). The number of carbonyl (C=O) groups is 4.